The van der Waals surface area contributed by atoms with Crippen molar-refractivity contribution in [1.82, 2.24) is 10.6 Å². The van der Waals surface area contributed by atoms with Crippen LogP contribution < -0.4 is 10.6 Å². The number of nitriles is 1. The summed E-state index contributed by atoms with van der Waals surface area (Å²) in [6.45, 7) is 5.76. The molecule has 1 aliphatic carbocycles. The van der Waals surface area contributed by atoms with Crippen LogP contribution in [0.2, 0.25) is 0 Å². The van der Waals surface area contributed by atoms with Crippen LogP contribution >= 0.6 is 0 Å². The van der Waals surface area contributed by atoms with Crippen molar-refractivity contribution in [2.45, 2.75) is 39.7 Å². The Morgan fingerprint density at radius 1 is 1.41 bits per heavy atom. The number of hydrogen-bond donors (Lipinski definition) is 2. The van der Waals surface area contributed by atoms with Crippen LogP contribution in [0.4, 0.5) is 4.39 Å². The van der Waals surface area contributed by atoms with E-state index in [1.165, 1.54) is 22.3 Å². The predicted octanol–water partition coefficient (Wildman–Crippen LogP) is 2.38. The molecular formula is C16H20FN4Rh-. The van der Waals surface area contributed by atoms with Gasteiger partial charge in [-0.15, -0.1) is 11.1 Å². The van der Waals surface area contributed by atoms with Gasteiger partial charge in [0, 0.05) is 25.5 Å². The monoisotopic (exact) mass is 390 g/mol. The second-order valence-corrected chi connectivity index (χ2v) is 5.28. The maximum atomic E-state index is 12.3. The van der Waals surface area contributed by atoms with Gasteiger partial charge in [-0.3, -0.25) is 5.32 Å². The summed E-state index contributed by atoms with van der Waals surface area (Å²) in [6.07, 6.45) is 3.77. The molecule has 0 heterocycles. The first kappa shape index (κ1) is 18.6. The first-order valence-corrected chi connectivity index (χ1v) is 7.12. The Labute approximate surface area is 144 Å². The van der Waals surface area contributed by atoms with E-state index in [1.54, 1.807) is 0 Å². The minimum Gasteiger partial charge on any atom is -0.351 e. The number of fused-ring (bicyclic) bond motifs is 1. The van der Waals surface area contributed by atoms with Crippen LogP contribution in [0, 0.1) is 38.3 Å². The van der Waals surface area contributed by atoms with Gasteiger partial charge in [-0.25, -0.2) is 9.38 Å². The summed E-state index contributed by atoms with van der Waals surface area (Å²) in [5.41, 5.74) is 6.17. The van der Waals surface area contributed by atoms with E-state index in [-0.39, 0.29) is 32.1 Å². The summed E-state index contributed by atoms with van der Waals surface area (Å²) in [4.78, 5) is 4.03. The quantitative estimate of drug-likeness (QED) is 0.208. The molecule has 1 aromatic carbocycles. The molecule has 4 nitrogen and oxygen atoms in total. The van der Waals surface area contributed by atoms with Crippen LogP contribution in [0.25, 0.3) is 0 Å². The molecule has 6 heteroatoms. The molecule has 22 heavy (non-hydrogen) atoms. The predicted molar refractivity (Wildman–Crippen MR) is 80.7 cm³/mol. The molecule has 2 rings (SSSR count). The van der Waals surface area contributed by atoms with Crippen molar-refractivity contribution in [1.29, 1.82) is 5.26 Å². The van der Waals surface area contributed by atoms with E-state index in [0.29, 0.717) is 5.96 Å². The van der Waals surface area contributed by atoms with Crippen molar-refractivity contribution in [3.63, 3.8) is 0 Å². The van der Waals surface area contributed by atoms with E-state index >= 15 is 0 Å². The van der Waals surface area contributed by atoms with E-state index in [9.17, 15) is 4.39 Å². The number of guanidine groups is 1. The number of aryl methyl sites for hydroxylation is 2. The molecule has 2 N–H and O–H groups in total. The minimum absolute atomic E-state index is 0. The number of nitrogens with zero attached hydrogens (tertiary/aromatic N) is 2. The Morgan fingerprint density at radius 3 is 2.77 bits per heavy atom. The van der Waals surface area contributed by atoms with Gasteiger partial charge in [0.15, 0.2) is 6.19 Å². The second-order valence-electron chi connectivity index (χ2n) is 5.28. The maximum absolute atomic E-state index is 12.3. The molecule has 0 fully saturated rings. The fourth-order valence-electron chi connectivity index (χ4n) is 2.95. The standard InChI is InChI=1S/C16H20FN4.Rh/c1-10-8-11(2)13-4-5-14(15(13)12(10)3)21-16(20-9-18)19-7-6-17;/h14H,4-7H2,1-3H3,(H2,19,20,21);/q-1;. The normalized spacial score (nSPS) is 16.5. The number of benzene rings is 1. The van der Waals surface area contributed by atoms with Crippen molar-refractivity contribution in [3.8, 4) is 6.19 Å². The molecule has 1 aromatic rings. The van der Waals surface area contributed by atoms with E-state index in [0.717, 1.165) is 18.4 Å². The Kier molecular flexibility index (Phi) is 6.96. The summed E-state index contributed by atoms with van der Waals surface area (Å²) < 4.78 is 12.3. The third-order valence-electron chi connectivity index (χ3n) is 3.99. The average Bonchev–Trinajstić information content (AvgIpc) is 2.87. The summed E-state index contributed by atoms with van der Waals surface area (Å²) in [7, 11) is 0. The van der Waals surface area contributed by atoms with Crippen LogP contribution in [-0.2, 0) is 25.9 Å². The molecule has 0 aromatic heterocycles. The molecule has 0 bridgehead atoms. The fraction of sp³-hybridized carbons (Fsp3) is 0.500. The van der Waals surface area contributed by atoms with Crippen molar-refractivity contribution in [2.24, 2.45) is 4.99 Å². The molecule has 121 valence electrons. The zero-order chi connectivity index (χ0) is 15.4. The zero-order valence-corrected chi connectivity index (χ0v) is 14.7. The maximum Gasteiger partial charge on any atom is 0.205 e. The van der Waals surface area contributed by atoms with Crippen molar-refractivity contribution in [2.75, 3.05) is 13.2 Å². The largest absolute Gasteiger partial charge is 0.351 e. The molecule has 1 radical (unpaired) electrons. The van der Waals surface area contributed by atoms with E-state index in [1.807, 2.05) is 6.19 Å². The van der Waals surface area contributed by atoms with Crippen LogP contribution in [0.3, 0.4) is 0 Å². The summed E-state index contributed by atoms with van der Waals surface area (Å²) in [6, 6.07) is 3.50. The van der Waals surface area contributed by atoms with Gasteiger partial charge in [-0.1, -0.05) is 27.2 Å². The van der Waals surface area contributed by atoms with E-state index < -0.39 is 6.67 Å². The van der Waals surface area contributed by atoms with Gasteiger partial charge in [0.2, 0.25) is 5.96 Å². The first-order chi connectivity index (χ1) is 10.1. The van der Waals surface area contributed by atoms with Gasteiger partial charge < -0.3 is 5.32 Å². The smallest absolute Gasteiger partial charge is 0.205 e. The Balaban J connectivity index is 0.00000242. The first-order valence-electron chi connectivity index (χ1n) is 7.12. The second kappa shape index (κ2) is 8.24. The van der Waals surface area contributed by atoms with E-state index in [4.69, 9.17) is 5.26 Å². The number of nitrogens with one attached hydrogen (secondary N) is 2. The average molecular weight is 390 g/mol. The molecule has 1 unspecified atom stereocenters. The van der Waals surface area contributed by atoms with Gasteiger partial charge in [0.25, 0.3) is 0 Å². The molecule has 1 atom stereocenters. The third kappa shape index (κ3) is 3.84. The van der Waals surface area contributed by atoms with Crippen LogP contribution in [-0.4, -0.2) is 19.2 Å². The third-order valence-corrected chi connectivity index (χ3v) is 3.99. The van der Waals surface area contributed by atoms with Crippen molar-refractivity contribution >= 4 is 5.96 Å². The van der Waals surface area contributed by atoms with Crippen molar-refractivity contribution in [3.05, 3.63) is 33.9 Å². The molecule has 0 saturated carbocycles. The SMILES string of the molecule is Cc1[c-]c(C)c2c(c1C)C(NC(=NCCF)NC#N)CC2.[Rh]. The molecule has 0 aliphatic heterocycles. The molecule has 1 aliphatic rings. The molecule has 0 spiro atoms. The van der Waals surface area contributed by atoms with Crippen LogP contribution in [0.5, 0.6) is 0 Å². The number of alkyl halides is 1. The topological polar surface area (TPSA) is 60.2 Å². The Bertz CT molecular complexity index is 607. The number of hydrogen-bond acceptors (Lipinski definition) is 2. The summed E-state index contributed by atoms with van der Waals surface area (Å²) in [5.74, 6) is 0.343. The molecule has 0 saturated heterocycles. The van der Waals surface area contributed by atoms with Crippen molar-refractivity contribution < 1.29 is 23.9 Å². The van der Waals surface area contributed by atoms with Gasteiger partial charge in [-0.2, -0.15) is 28.0 Å². The van der Waals surface area contributed by atoms with Crippen LogP contribution in [0.15, 0.2) is 4.99 Å². The zero-order valence-electron chi connectivity index (χ0n) is 13.0. The number of halogens is 1. The fourth-order valence-corrected chi connectivity index (χ4v) is 2.95. The molecule has 0 amide bonds. The number of aliphatic imine (C=N–C) groups is 1. The van der Waals surface area contributed by atoms with Gasteiger partial charge in [0.05, 0.1) is 6.54 Å². The Morgan fingerprint density at radius 2 is 2.14 bits per heavy atom. The van der Waals surface area contributed by atoms with Gasteiger partial charge >= 0.3 is 0 Å². The van der Waals surface area contributed by atoms with Gasteiger partial charge in [-0.05, 0) is 6.42 Å². The van der Waals surface area contributed by atoms with E-state index in [2.05, 4.69) is 42.5 Å². The van der Waals surface area contributed by atoms with Gasteiger partial charge in [0.1, 0.15) is 6.67 Å². The number of rotatable bonds is 3. The Hall–Kier alpha value is -1.47. The van der Waals surface area contributed by atoms with Crippen LogP contribution in [0.1, 0.15) is 40.3 Å². The molecular weight excluding hydrogens is 370 g/mol. The minimum atomic E-state index is -0.536. The summed E-state index contributed by atoms with van der Waals surface area (Å²) >= 11 is 0. The summed E-state index contributed by atoms with van der Waals surface area (Å²) in [5, 5.41) is 14.5.